The fourth-order valence-electron chi connectivity index (χ4n) is 4.62. The van der Waals surface area contributed by atoms with Gasteiger partial charge in [-0.2, -0.15) is 0 Å². The molecule has 0 aliphatic carbocycles. The first-order valence-electron chi connectivity index (χ1n) is 11.8. The Labute approximate surface area is 215 Å². The molecule has 2 atom stereocenters. The van der Waals surface area contributed by atoms with Crippen LogP contribution in [0, 0.1) is 0 Å². The summed E-state index contributed by atoms with van der Waals surface area (Å²) in [6, 6.07) is 36.1. The van der Waals surface area contributed by atoms with Crippen LogP contribution in [0.5, 0.6) is 11.5 Å². The summed E-state index contributed by atoms with van der Waals surface area (Å²) in [7, 11) is 0. The van der Waals surface area contributed by atoms with Crippen LogP contribution in [0.15, 0.2) is 128 Å². The van der Waals surface area contributed by atoms with Crippen molar-refractivity contribution in [2.45, 2.75) is 12.1 Å². The second kappa shape index (κ2) is 9.68. The quantitative estimate of drug-likeness (QED) is 0.265. The molecule has 0 spiro atoms. The number of nitrogens with one attached hydrogen (secondary N) is 1. The summed E-state index contributed by atoms with van der Waals surface area (Å²) in [6.45, 7) is 0. The van der Waals surface area contributed by atoms with Gasteiger partial charge in [-0.05, 0) is 84.5 Å². The zero-order valence-electron chi connectivity index (χ0n) is 19.4. The van der Waals surface area contributed by atoms with Gasteiger partial charge >= 0.3 is 0 Å². The SMILES string of the molecule is S=C1N[C@@H](c2ccccn2)[C@@H](c2ccn(-c3ccccc3)c2)N1c1ccc(Oc2ccccc2)cc1. The van der Waals surface area contributed by atoms with Gasteiger partial charge < -0.3 is 19.5 Å². The van der Waals surface area contributed by atoms with E-state index in [1.54, 1.807) is 0 Å². The molecule has 1 saturated heterocycles. The number of thiocarbonyl (C=S) groups is 1. The van der Waals surface area contributed by atoms with Crippen LogP contribution >= 0.6 is 12.2 Å². The first-order valence-corrected chi connectivity index (χ1v) is 12.2. The zero-order chi connectivity index (χ0) is 24.3. The van der Waals surface area contributed by atoms with Crippen molar-refractivity contribution in [2.24, 2.45) is 0 Å². The number of aromatic nitrogens is 2. The van der Waals surface area contributed by atoms with Gasteiger partial charge in [-0.25, -0.2) is 0 Å². The average Bonchev–Trinajstić information content (AvgIpc) is 3.56. The van der Waals surface area contributed by atoms with E-state index in [1.165, 1.54) is 0 Å². The van der Waals surface area contributed by atoms with Crippen LogP contribution in [0.4, 0.5) is 5.69 Å². The van der Waals surface area contributed by atoms with Crippen LogP contribution in [-0.4, -0.2) is 14.7 Å². The van der Waals surface area contributed by atoms with Crippen LogP contribution < -0.4 is 15.0 Å². The minimum absolute atomic E-state index is 0.0711. The molecule has 6 heteroatoms. The molecule has 176 valence electrons. The van der Waals surface area contributed by atoms with Gasteiger partial charge in [0.15, 0.2) is 5.11 Å². The topological polar surface area (TPSA) is 42.3 Å². The Morgan fingerprint density at radius 2 is 1.42 bits per heavy atom. The Hall–Kier alpha value is -4.42. The van der Waals surface area contributed by atoms with Crippen molar-refractivity contribution >= 4 is 23.0 Å². The third-order valence-electron chi connectivity index (χ3n) is 6.30. The third kappa shape index (κ3) is 4.34. The highest BCUT2D eigenvalue weighted by Crippen LogP contribution is 2.42. The summed E-state index contributed by atoms with van der Waals surface area (Å²) in [5.74, 6) is 1.58. The summed E-state index contributed by atoms with van der Waals surface area (Å²) >= 11 is 5.86. The highest BCUT2D eigenvalue weighted by atomic mass is 32.1. The molecule has 36 heavy (non-hydrogen) atoms. The Balaban J connectivity index is 1.36. The minimum Gasteiger partial charge on any atom is -0.457 e. The summed E-state index contributed by atoms with van der Waals surface area (Å²) in [6.07, 6.45) is 6.09. The van der Waals surface area contributed by atoms with Crippen LogP contribution in [0.25, 0.3) is 5.69 Å². The maximum absolute atomic E-state index is 6.00. The van der Waals surface area contributed by atoms with E-state index in [9.17, 15) is 0 Å². The zero-order valence-corrected chi connectivity index (χ0v) is 20.3. The largest absolute Gasteiger partial charge is 0.457 e. The summed E-state index contributed by atoms with van der Waals surface area (Å²) in [5.41, 5.74) is 4.19. The normalized spacial score (nSPS) is 17.1. The molecule has 1 aliphatic rings. The fraction of sp³-hybridized carbons (Fsp3) is 0.0667. The first kappa shape index (κ1) is 22.1. The predicted octanol–water partition coefficient (Wildman–Crippen LogP) is 6.84. The molecule has 0 bridgehead atoms. The molecule has 2 aromatic heterocycles. The Kier molecular flexibility index (Phi) is 5.93. The molecule has 6 rings (SSSR count). The van der Waals surface area contributed by atoms with Crippen LogP contribution in [0.2, 0.25) is 0 Å². The molecule has 0 radical (unpaired) electrons. The van der Waals surface area contributed by atoms with E-state index >= 15 is 0 Å². The molecular weight excluding hydrogens is 464 g/mol. The van der Waals surface area contributed by atoms with Gasteiger partial charge in [0.25, 0.3) is 0 Å². The lowest BCUT2D eigenvalue weighted by atomic mass is 9.98. The lowest BCUT2D eigenvalue weighted by Crippen LogP contribution is -2.29. The van der Waals surface area contributed by atoms with Crippen molar-refractivity contribution in [2.75, 3.05) is 4.90 Å². The Morgan fingerprint density at radius 3 is 2.14 bits per heavy atom. The molecule has 5 aromatic rings. The van der Waals surface area contributed by atoms with Gasteiger partial charge in [-0.15, -0.1) is 0 Å². The monoisotopic (exact) mass is 488 g/mol. The van der Waals surface area contributed by atoms with E-state index in [-0.39, 0.29) is 12.1 Å². The van der Waals surface area contributed by atoms with Crippen molar-refractivity contribution in [3.05, 3.63) is 139 Å². The number of ether oxygens (including phenoxy) is 1. The number of hydrogen-bond acceptors (Lipinski definition) is 3. The molecule has 5 nitrogen and oxygen atoms in total. The van der Waals surface area contributed by atoms with Crippen molar-refractivity contribution in [3.63, 3.8) is 0 Å². The van der Waals surface area contributed by atoms with Crippen LogP contribution in [0.1, 0.15) is 23.3 Å². The number of benzene rings is 3. The molecule has 0 unspecified atom stereocenters. The molecule has 3 heterocycles. The second-order valence-electron chi connectivity index (χ2n) is 8.59. The fourth-order valence-corrected chi connectivity index (χ4v) is 4.97. The lowest BCUT2D eigenvalue weighted by molar-refractivity contribution is 0.482. The van der Waals surface area contributed by atoms with E-state index in [0.717, 1.165) is 34.1 Å². The Morgan fingerprint density at radius 1 is 0.722 bits per heavy atom. The highest BCUT2D eigenvalue weighted by Gasteiger charge is 2.41. The van der Waals surface area contributed by atoms with Crippen molar-refractivity contribution in [1.29, 1.82) is 0 Å². The van der Waals surface area contributed by atoms with Crippen LogP contribution in [0.3, 0.4) is 0 Å². The number of hydrogen-bond donors (Lipinski definition) is 1. The lowest BCUT2D eigenvalue weighted by Gasteiger charge is -2.27. The van der Waals surface area contributed by atoms with Gasteiger partial charge in [0.05, 0.1) is 17.8 Å². The van der Waals surface area contributed by atoms with Gasteiger partial charge in [0, 0.05) is 30.0 Å². The predicted molar refractivity (Wildman–Crippen MR) is 147 cm³/mol. The van der Waals surface area contributed by atoms with E-state index in [4.69, 9.17) is 17.0 Å². The van der Waals surface area contributed by atoms with Gasteiger partial charge in [-0.3, -0.25) is 4.98 Å². The van der Waals surface area contributed by atoms with Gasteiger partial charge in [0.2, 0.25) is 0 Å². The second-order valence-corrected chi connectivity index (χ2v) is 8.98. The molecule has 1 fully saturated rings. The first-order chi connectivity index (χ1) is 17.8. The van der Waals surface area contributed by atoms with Crippen molar-refractivity contribution in [3.8, 4) is 17.2 Å². The van der Waals surface area contributed by atoms with Crippen molar-refractivity contribution in [1.82, 2.24) is 14.9 Å². The standard InChI is InChI=1S/C30H24N4OS/c36-30-32-28(27-13-7-8-19-31-27)29(22-18-20-33(21-22)23-9-3-1-4-10-23)34(30)24-14-16-26(17-15-24)35-25-11-5-2-6-12-25/h1-21,28-29H,(H,32,36)/t28-,29+/m0/s1. The average molecular weight is 489 g/mol. The molecular formula is C30H24N4OS. The maximum atomic E-state index is 6.00. The highest BCUT2D eigenvalue weighted by molar-refractivity contribution is 7.80. The van der Waals surface area contributed by atoms with Crippen molar-refractivity contribution < 1.29 is 4.74 Å². The summed E-state index contributed by atoms with van der Waals surface area (Å²) in [5, 5.41) is 4.19. The number of anilines is 1. The van der Waals surface area contributed by atoms with Crippen LogP contribution in [-0.2, 0) is 0 Å². The number of rotatable bonds is 6. The Bertz CT molecular complexity index is 1450. The van der Waals surface area contributed by atoms with E-state index < -0.39 is 0 Å². The third-order valence-corrected chi connectivity index (χ3v) is 6.62. The van der Waals surface area contributed by atoms with E-state index in [2.05, 4.69) is 50.4 Å². The van der Waals surface area contributed by atoms with E-state index in [1.807, 2.05) is 97.2 Å². The molecule has 0 saturated carbocycles. The smallest absolute Gasteiger partial charge is 0.174 e. The molecule has 3 aromatic carbocycles. The van der Waals surface area contributed by atoms with Gasteiger partial charge in [-0.1, -0.05) is 42.5 Å². The van der Waals surface area contributed by atoms with Gasteiger partial charge in [0.1, 0.15) is 11.5 Å². The number of pyridine rings is 1. The molecule has 0 amide bonds. The molecule has 1 N–H and O–H groups in total. The number of para-hydroxylation sites is 2. The maximum Gasteiger partial charge on any atom is 0.174 e. The number of nitrogens with zero attached hydrogens (tertiary/aromatic N) is 3. The van der Waals surface area contributed by atoms with E-state index in [0.29, 0.717) is 5.11 Å². The molecule has 1 aliphatic heterocycles. The summed E-state index contributed by atoms with van der Waals surface area (Å²) < 4.78 is 8.14. The summed E-state index contributed by atoms with van der Waals surface area (Å²) in [4.78, 5) is 6.82. The minimum atomic E-state index is -0.0921.